The van der Waals surface area contributed by atoms with Crippen LogP contribution in [0.5, 0.6) is 0 Å². The van der Waals surface area contributed by atoms with E-state index in [1.807, 2.05) is 48.8 Å². The van der Waals surface area contributed by atoms with Crippen molar-refractivity contribution in [3.05, 3.63) is 35.5 Å². The van der Waals surface area contributed by atoms with Crippen molar-refractivity contribution in [1.82, 2.24) is 19.3 Å². The van der Waals surface area contributed by atoms with E-state index in [2.05, 4.69) is 23.6 Å². The fourth-order valence-electron chi connectivity index (χ4n) is 7.09. The second kappa shape index (κ2) is 12.4. The molecule has 4 heterocycles. The van der Waals surface area contributed by atoms with Gasteiger partial charge in [-0.1, -0.05) is 6.07 Å². The summed E-state index contributed by atoms with van der Waals surface area (Å²) >= 11 is 0. The first-order chi connectivity index (χ1) is 20.1. The Labute approximate surface area is 249 Å². The van der Waals surface area contributed by atoms with Crippen LogP contribution >= 0.6 is 0 Å². The van der Waals surface area contributed by atoms with Gasteiger partial charge >= 0.3 is 6.09 Å². The van der Waals surface area contributed by atoms with E-state index in [4.69, 9.17) is 4.74 Å². The van der Waals surface area contributed by atoms with Gasteiger partial charge in [0.05, 0.1) is 17.6 Å². The lowest BCUT2D eigenvalue weighted by Crippen LogP contribution is -2.53. The summed E-state index contributed by atoms with van der Waals surface area (Å²) < 4.78 is 7.83. The van der Waals surface area contributed by atoms with E-state index in [0.29, 0.717) is 31.6 Å². The van der Waals surface area contributed by atoms with Crippen LogP contribution < -0.4 is 0 Å². The number of likely N-dealkylation sites (tertiary alicyclic amines) is 3. The molecule has 3 saturated heterocycles. The molecule has 1 aromatic heterocycles. The fourth-order valence-corrected chi connectivity index (χ4v) is 7.09. The van der Waals surface area contributed by atoms with E-state index in [1.165, 1.54) is 5.69 Å². The molecule has 226 valence electrons. The number of aromatic nitrogens is 1. The van der Waals surface area contributed by atoms with Crippen molar-refractivity contribution < 1.29 is 19.1 Å². The number of hydrogen-bond donors (Lipinski definition) is 0. The highest BCUT2D eigenvalue weighted by Gasteiger charge is 2.42. The molecule has 3 atom stereocenters. The molecule has 0 radical (unpaired) electrons. The first kappa shape index (κ1) is 29.9. The SMILES string of the molecule is CCn1c(CCC2CCCN2C(=O)C2CCCN2C(=O)C2CCCN(C(=O)OC(C)(C)C)C2)cc2ccc(C#N)cc21. The third-order valence-electron chi connectivity index (χ3n) is 9.07. The van der Waals surface area contributed by atoms with Crippen molar-refractivity contribution >= 4 is 28.8 Å². The second-order valence-electron chi connectivity index (χ2n) is 13.1. The smallest absolute Gasteiger partial charge is 0.410 e. The minimum absolute atomic E-state index is 0.000873. The largest absolute Gasteiger partial charge is 0.444 e. The van der Waals surface area contributed by atoms with E-state index < -0.39 is 11.6 Å². The van der Waals surface area contributed by atoms with E-state index in [-0.39, 0.29) is 29.9 Å². The summed E-state index contributed by atoms with van der Waals surface area (Å²) in [5, 5.41) is 10.5. The molecule has 9 heteroatoms. The highest BCUT2D eigenvalue weighted by molar-refractivity contribution is 5.90. The second-order valence-corrected chi connectivity index (χ2v) is 13.1. The van der Waals surface area contributed by atoms with E-state index in [9.17, 15) is 19.6 Å². The summed E-state index contributed by atoms with van der Waals surface area (Å²) in [5.41, 5.74) is 2.39. The molecule has 3 aliphatic rings. The first-order valence-electron chi connectivity index (χ1n) is 15.7. The zero-order valence-corrected chi connectivity index (χ0v) is 25.6. The molecular formula is C33H45N5O4. The van der Waals surface area contributed by atoms with Gasteiger partial charge in [0.2, 0.25) is 11.8 Å². The molecule has 3 aliphatic heterocycles. The Balaban J connectivity index is 1.23. The lowest BCUT2D eigenvalue weighted by atomic mass is 9.96. The third kappa shape index (κ3) is 6.28. The van der Waals surface area contributed by atoms with E-state index >= 15 is 0 Å². The van der Waals surface area contributed by atoms with Crippen molar-refractivity contribution in [1.29, 1.82) is 5.26 Å². The van der Waals surface area contributed by atoms with Crippen molar-refractivity contribution in [3.8, 4) is 6.07 Å². The molecule has 3 amide bonds. The Morgan fingerprint density at radius 2 is 1.71 bits per heavy atom. The number of nitrogens with zero attached hydrogens (tertiary/aromatic N) is 5. The average Bonchev–Trinajstić information content (AvgIpc) is 3.72. The number of carbonyl (C=O) groups excluding carboxylic acids is 3. The minimum atomic E-state index is -0.583. The van der Waals surface area contributed by atoms with Crippen molar-refractivity contribution in [3.63, 3.8) is 0 Å². The van der Waals surface area contributed by atoms with Crippen LogP contribution in [0, 0.1) is 17.2 Å². The van der Waals surface area contributed by atoms with Crippen LogP contribution in [0.15, 0.2) is 24.3 Å². The van der Waals surface area contributed by atoms with Gasteiger partial charge in [-0.3, -0.25) is 9.59 Å². The molecule has 5 rings (SSSR count). The van der Waals surface area contributed by atoms with Gasteiger partial charge in [0.15, 0.2) is 0 Å². The lowest BCUT2D eigenvalue weighted by Gasteiger charge is -2.37. The van der Waals surface area contributed by atoms with Gasteiger partial charge in [0.25, 0.3) is 0 Å². The van der Waals surface area contributed by atoms with E-state index in [1.54, 1.807) is 4.90 Å². The van der Waals surface area contributed by atoms with Gasteiger partial charge in [-0.05, 0) is 103 Å². The van der Waals surface area contributed by atoms with Gasteiger partial charge in [-0.2, -0.15) is 5.26 Å². The zero-order valence-electron chi connectivity index (χ0n) is 25.6. The van der Waals surface area contributed by atoms with Crippen LogP contribution in [-0.2, 0) is 27.3 Å². The number of carbonyl (C=O) groups is 3. The maximum absolute atomic E-state index is 13.9. The Morgan fingerprint density at radius 1 is 0.976 bits per heavy atom. The number of aryl methyl sites for hydroxylation is 2. The zero-order chi connectivity index (χ0) is 30.0. The van der Waals surface area contributed by atoms with Gasteiger partial charge in [-0.15, -0.1) is 0 Å². The lowest BCUT2D eigenvalue weighted by molar-refractivity contribution is -0.147. The quantitative estimate of drug-likeness (QED) is 0.478. The van der Waals surface area contributed by atoms with Gasteiger partial charge in [0, 0.05) is 50.0 Å². The Morgan fingerprint density at radius 3 is 2.45 bits per heavy atom. The molecule has 42 heavy (non-hydrogen) atoms. The number of hydrogen-bond acceptors (Lipinski definition) is 5. The van der Waals surface area contributed by atoms with Crippen LogP contribution in [0.3, 0.4) is 0 Å². The van der Waals surface area contributed by atoms with Crippen LogP contribution in [0.2, 0.25) is 0 Å². The number of fused-ring (bicyclic) bond motifs is 1. The van der Waals surface area contributed by atoms with E-state index in [0.717, 1.165) is 68.9 Å². The fraction of sp³-hybridized carbons (Fsp3) is 0.636. The number of amides is 3. The first-order valence-corrected chi connectivity index (χ1v) is 15.7. The predicted octanol–water partition coefficient (Wildman–Crippen LogP) is 5.09. The maximum Gasteiger partial charge on any atom is 0.410 e. The Kier molecular flexibility index (Phi) is 8.81. The summed E-state index contributed by atoms with van der Waals surface area (Å²) in [6.45, 7) is 10.8. The standard InChI is InChI=1S/C33H45N5O4/c1-5-36-27(20-24-13-12-23(21-34)19-29(24)36)15-14-26-10-7-17-37(26)31(40)28-11-8-18-38(28)30(39)25-9-6-16-35(22-25)32(41)42-33(2,3)4/h12-13,19-20,25-26,28H,5-11,14-18,22H2,1-4H3. The van der Waals surface area contributed by atoms with Crippen LogP contribution in [-0.4, -0.2) is 81.0 Å². The number of ether oxygens (including phenoxy) is 1. The monoisotopic (exact) mass is 575 g/mol. The molecule has 3 fully saturated rings. The van der Waals surface area contributed by atoms with Crippen LogP contribution in [0.1, 0.15) is 83.9 Å². The summed E-state index contributed by atoms with van der Waals surface area (Å²) in [6, 6.07) is 10.0. The predicted molar refractivity (Wildman–Crippen MR) is 161 cm³/mol. The topological polar surface area (TPSA) is 98.9 Å². The summed E-state index contributed by atoms with van der Waals surface area (Å²) in [4.78, 5) is 45.8. The number of rotatable bonds is 6. The third-order valence-corrected chi connectivity index (χ3v) is 9.07. The molecule has 3 unspecified atom stereocenters. The van der Waals surface area contributed by atoms with Crippen molar-refractivity contribution in [2.24, 2.45) is 5.92 Å². The number of piperidine rings is 1. The van der Waals surface area contributed by atoms with Crippen molar-refractivity contribution in [2.75, 3.05) is 26.2 Å². The van der Waals surface area contributed by atoms with Gasteiger partial charge < -0.3 is 24.0 Å². The molecule has 0 spiro atoms. The summed E-state index contributed by atoms with van der Waals surface area (Å²) in [7, 11) is 0. The average molecular weight is 576 g/mol. The van der Waals surface area contributed by atoms with Crippen LogP contribution in [0.4, 0.5) is 4.79 Å². The molecule has 9 nitrogen and oxygen atoms in total. The molecule has 0 N–H and O–H groups in total. The molecule has 0 aliphatic carbocycles. The number of benzene rings is 1. The maximum atomic E-state index is 13.9. The van der Waals surface area contributed by atoms with Gasteiger partial charge in [0.1, 0.15) is 11.6 Å². The molecular weight excluding hydrogens is 530 g/mol. The minimum Gasteiger partial charge on any atom is -0.444 e. The Bertz CT molecular complexity index is 1370. The highest BCUT2D eigenvalue weighted by Crippen LogP contribution is 2.31. The molecule has 2 aromatic rings. The molecule has 0 bridgehead atoms. The summed E-state index contributed by atoms with van der Waals surface area (Å²) in [5.74, 6) is -0.219. The highest BCUT2D eigenvalue weighted by atomic mass is 16.6. The van der Waals surface area contributed by atoms with Crippen LogP contribution in [0.25, 0.3) is 10.9 Å². The van der Waals surface area contributed by atoms with Gasteiger partial charge in [-0.25, -0.2) is 4.79 Å². The normalized spacial score (nSPS) is 22.9. The summed E-state index contributed by atoms with van der Waals surface area (Å²) in [6.07, 6.45) is 6.31. The molecule has 0 saturated carbocycles. The van der Waals surface area contributed by atoms with Crippen molar-refractivity contribution in [2.45, 2.75) is 103 Å². The Hall–Kier alpha value is -3.54. The number of nitriles is 1. The molecule has 1 aromatic carbocycles.